The second kappa shape index (κ2) is 7.69. The highest BCUT2D eigenvalue weighted by Crippen LogP contribution is 2.29. The van der Waals surface area contributed by atoms with Gasteiger partial charge in [0.25, 0.3) is 17.7 Å². The van der Waals surface area contributed by atoms with Crippen LogP contribution in [0.3, 0.4) is 0 Å². The lowest BCUT2D eigenvalue weighted by Gasteiger charge is -2.29. The fourth-order valence-corrected chi connectivity index (χ4v) is 5.01. The number of fused-ring (bicyclic) bond motifs is 1. The minimum atomic E-state index is -3.59. The molecular formula is C19H21N3O5S2. The molecule has 154 valence electrons. The summed E-state index contributed by atoms with van der Waals surface area (Å²) < 4.78 is 26.7. The van der Waals surface area contributed by atoms with Gasteiger partial charge in [-0.15, -0.1) is 11.3 Å². The molecule has 0 aliphatic carbocycles. The summed E-state index contributed by atoms with van der Waals surface area (Å²) in [5.41, 5.74) is 0.0120. The Morgan fingerprint density at radius 1 is 1.07 bits per heavy atom. The molecule has 2 aromatic rings. The maximum Gasteiger partial charge on any atom is 0.262 e. The fraction of sp³-hybridized carbons (Fsp3) is 0.316. The molecule has 2 N–H and O–H groups in total. The van der Waals surface area contributed by atoms with E-state index in [1.807, 2.05) is 0 Å². The van der Waals surface area contributed by atoms with E-state index < -0.39 is 27.4 Å². The van der Waals surface area contributed by atoms with Gasteiger partial charge in [-0.25, -0.2) is 13.1 Å². The van der Waals surface area contributed by atoms with Gasteiger partial charge < -0.3 is 5.32 Å². The number of hydrogen-bond acceptors (Lipinski definition) is 6. The van der Waals surface area contributed by atoms with Gasteiger partial charge in [-0.2, -0.15) is 0 Å². The average molecular weight is 436 g/mol. The number of nitrogens with one attached hydrogen (secondary N) is 2. The first-order valence-electron chi connectivity index (χ1n) is 8.87. The van der Waals surface area contributed by atoms with E-state index in [1.165, 1.54) is 29.2 Å². The maximum absolute atomic E-state index is 12.6. The number of thiophene rings is 1. The zero-order chi connectivity index (χ0) is 21.4. The molecule has 0 spiro atoms. The zero-order valence-electron chi connectivity index (χ0n) is 16.2. The maximum atomic E-state index is 12.6. The van der Waals surface area contributed by atoms with Crippen molar-refractivity contribution in [2.45, 2.75) is 30.5 Å². The first-order chi connectivity index (χ1) is 13.5. The molecule has 0 fully saturated rings. The molecule has 1 aromatic heterocycles. The minimum Gasteiger partial charge on any atom is -0.351 e. The van der Waals surface area contributed by atoms with Crippen molar-refractivity contribution in [3.8, 4) is 0 Å². The number of nitrogens with zero attached hydrogens (tertiary/aromatic N) is 1. The number of hydrogen-bond donors (Lipinski definition) is 2. The van der Waals surface area contributed by atoms with E-state index in [4.69, 9.17) is 0 Å². The molecule has 0 saturated carbocycles. The van der Waals surface area contributed by atoms with Crippen LogP contribution in [0.1, 0.15) is 51.8 Å². The molecule has 1 aliphatic heterocycles. The number of imide groups is 1. The van der Waals surface area contributed by atoms with Gasteiger partial charge >= 0.3 is 0 Å². The third-order valence-electron chi connectivity index (χ3n) is 4.28. The third kappa shape index (κ3) is 4.24. The largest absolute Gasteiger partial charge is 0.351 e. The Hall–Kier alpha value is -2.56. The van der Waals surface area contributed by atoms with Crippen LogP contribution in [-0.2, 0) is 10.0 Å². The summed E-state index contributed by atoms with van der Waals surface area (Å²) >= 11 is 1.10. The van der Waals surface area contributed by atoms with Gasteiger partial charge in [0, 0.05) is 24.2 Å². The van der Waals surface area contributed by atoms with E-state index in [0.29, 0.717) is 0 Å². The molecule has 3 amide bonds. The van der Waals surface area contributed by atoms with Crippen molar-refractivity contribution >= 4 is 39.1 Å². The summed E-state index contributed by atoms with van der Waals surface area (Å²) in [4.78, 5) is 38.6. The lowest BCUT2D eigenvalue weighted by atomic mass is 10.1. The molecule has 8 nitrogen and oxygen atoms in total. The number of benzene rings is 1. The molecule has 1 aliphatic rings. The third-order valence-corrected chi connectivity index (χ3v) is 7.14. The Labute approximate surface area is 173 Å². The second-order valence-electron chi connectivity index (χ2n) is 7.46. The summed E-state index contributed by atoms with van der Waals surface area (Å²) in [5, 5.41) is 4.27. The molecule has 0 saturated heterocycles. The standard InChI is InChI=1S/C19H21N3O5S2/c1-19(2,3)22-17(24)13-7-6-12(11-14(13)18(22)25)16(23)20-8-9-21-29(26,27)15-5-4-10-28-15/h4-7,10-11,21H,8-9H2,1-3H3,(H,20,23). The van der Waals surface area contributed by atoms with Crippen molar-refractivity contribution in [3.05, 3.63) is 52.4 Å². The lowest BCUT2D eigenvalue weighted by molar-refractivity contribution is 0.0507. The van der Waals surface area contributed by atoms with Crippen LogP contribution in [-0.4, -0.2) is 49.7 Å². The lowest BCUT2D eigenvalue weighted by Crippen LogP contribution is -2.45. The van der Waals surface area contributed by atoms with Crippen molar-refractivity contribution in [3.63, 3.8) is 0 Å². The summed E-state index contributed by atoms with van der Waals surface area (Å²) in [6.45, 7) is 5.38. The van der Waals surface area contributed by atoms with Crippen LogP contribution >= 0.6 is 11.3 Å². The Balaban J connectivity index is 1.63. The summed E-state index contributed by atoms with van der Waals surface area (Å²) in [7, 11) is -3.59. The Kier molecular flexibility index (Phi) is 5.61. The Morgan fingerprint density at radius 2 is 1.76 bits per heavy atom. The molecule has 0 radical (unpaired) electrons. The van der Waals surface area contributed by atoms with Crippen molar-refractivity contribution in [2.24, 2.45) is 0 Å². The van der Waals surface area contributed by atoms with E-state index in [-0.39, 0.29) is 39.9 Å². The Morgan fingerprint density at radius 3 is 2.38 bits per heavy atom. The SMILES string of the molecule is CC(C)(C)N1C(=O)c2ccc(C(=O)NCCNS(=O)(=O)c3cccs3)cc2C1=O. The monoisotopic (exact) mass is 435 g/mol. The van der Waals surface area contributed by atoms with Gasteiger partial charge in [0.05, 0.1) is 11.1 Å². The quantitative estimate of drug-likeness (QED) is 0.531. The topological polar surface area (TPSA) is 113 Å². The first-order valence-corrected chi connectivity index (χ1v) is 11.2. The number of carbonyl (C=O) groups is 3. The number of amides is 3. The molecule has 0 unspecified atom stereocenters. The van der Waals surface area contributed by atoms with Crippen molar-refractivity contribution in [1.82, 2.24) is 14.9 Å². The van der Waals surface area contributed by atoms with Gasteiger partial charge in [-0.3, -0.25) is 19.3 Å². The summed E-state index contributed by atoms with van der Waals surface area (Å²) in [6, 6.07) is 7.47. The summed E-state index contributed by atoms with van der Waals surface area (Å²) in [5.74, 6) is -1.28. The summed E-state index contributed by atoms with van der Waals surface area (Å²) in [6.07, 6.45) is 0. The van der Waals surface area contributed by atoms with Gasteiger partial charge in [0.2, 0.25) is 10.0 Å². The van der Waals surface area contributed by atoms with Crippen LogP contribution in [0, 0.1) is 0 Å². The number of carbonyl (C=O) groups excluding carboxylic acids is 3. The van der Waals surface area contributed by atoms with Crippen LogP contribution in [0.2, 0.25) is 0 Å². The van der Waals surface area contributed by atoms with E-state index in [2.05, 4.69) is 10.0 Å². The smallest absolute Gasteiger partial charge is 0.262 e. The molecule has 2 heterocycles. The zero-order valence-corrected chi connectivity index (χ0v) is 17.8. The molecule has 3 rings (SSSR count). The number of sulfonamides is 1. The minimum absolute atomic E-state index is 0.0200. The molecular weight excluding hydrogens is 414 g/mol. The van der Waals surface area contributed by atoms with Crippen molar-refractivity contribution < 1.29 is 22.8 Å². The van der Waals surface area contributed by atoms with Crippen LogP contribution in [0.25, 0.3) is 0 Å². The van der Waals surface area contributed by atoms with Crippen LogP contribution in [0.5, 0.6) is 0 Å². The van der Waals surface area contributed by atoms with Gasteiger partial charge in [-0.1, -0.05) is 6.07 Å². The van der Waals surface area contributed by atoms with Crippen molar-refractivity contribution in [1.29, 1.82) is 0 Å². The predicted molar refractivity (Wildman–Crippen MR) is 109 cm³/mol. The molecule has 1 aromatic carbocycles. The van der Waals surface area contributed by atoms with E-state index >= 15 is 0 Å². The highest BCUT2D eigenvalue weighted by molar-refractivity contribution is 7.91. The molecule has 0 atom stereocenters. The second-order valence-corrected chi connectivity index (χ2v) is 10.4. The average Bonchev–Trinajstić information content (AvgIpc) is 3.26. The van der Waals surface area contributed by atoms with E-state index in [1.54, 1.807) is 32.2 Å². The molecule has 29 heavy (non-hydrogen) atoms. The van der Waals surface area contributed by atoms with Gasteiger partial charge in [-0.05, 0) is 50.4 Å². The van der Waals surface area contributed by atoms with Crippen molar-refractivity contribution in [2.75, 3.05) is 13.1 Å². The highest BCUT2D eigenvalue weighted by atomic mass is 32.2. The predicted octanol–water partition coefficient (Wildman–Crippen LogP) is 1.85. The normalized spacial score (nSPS) is 14.2. The van der Waals surface area contributed by atoms with Crippen LogP contribution < -0.4 is 10.0 Å². The van der Waals surface area contributed by atoms with Crippen LogP contribution in [0.15, 0.2) is 39.9 Å². The van der Waals surface area contributed by atoms with Gasteiger partial charge in [0.15, 0.2) is 0 Å². The number of rotatable bonds is 6. The first kappa shape index (κ1) is 21.2. The van der Waals surface area contributed by atoms with E-state index in [9.17, 15) is 22.8 Å². The Bertz CT molecular complexity index is 1070. The molecule has 10 heteroatoms. The highest BCUT2D eigenvalue weighted by Gasteiger charge is 2.42. The van der Waals surface area contributed by atoms with Crippen LogP contribution in [0.4, 0.5) is 0 Å². The van der Waals surface area contributed by atoms with E-state index in [0.717, 1.165) is 11.3 Å². The fourth-order valence-electron chi connectivity index (χ4n) is 2.94. The van der Waals surface area contributed by atoms with Gasteiger partial charge in [0.1, 0.15) is 4.21 Å². The molecule has 0 bridgehead atoms.